The standard InChI is InChI=1S/C21H40N2/c1-4-21(3)17-14-19(21)16(2)20(15-17)23-13-12-22-18-10-8-6-5-7-9-11-18/h16-20,22-23H,4-15H2,1-3H3/t16-,17+,19-,20-,21?/m1/s1. The third-order valence-corrected chi connectivity index (χ3v) is 7.96. The first-order valence-corrected chi connectivity index (χ1v) is 10.6. The van der Waals surface area contributed by atoms with Crippen molar-refractivity contribution in [1.82, 2.24) is 10.6 Å². The normalized spacial score (nSPS) is 41.9. The van der Waals surface area contributed by atoms with Gasteiger partial charge in [0.1, 0.15) is 0 Å². The molecule has 0 aromatic heterocycles. The lowest BCUT2D eigenvalue weighted by molar-refractivity contribution is -0.129. The minimum Gasteiger partial charge on any atom is -0.313 e. The Morgan fingerprint density at radius 1 is 0.913 bits per heavy atom. The fraction of sp³-hybridized carbons (Fsp3) is 1.00. The van der Waals surface area contributed by atoms with Gasteiger partial charge in [0.15, 0.2) is 0 Å². The van der Waals surface area contributed by atoms with Crippen LogP contribution in [0.3, 0.4) is 0 Å². The van der Waals surface area contributed by atoms with Crippen molar-refractivity contribution in [1.29, 1.82) is 0 Å². The maximum atomic E-state index is 3.90. The summed E-state index contributed by atoms with van der Waals surface area (Å²) in [7, 11) is 0. The van der Waals surface area contributed by atoms with Crippen LogP contribution in [0.25, 0.3) is 0 Å². The molecular formula is C21H40N2. The van der Waals surface area contributed by atoms with E-state index in [-0.39, 0.29) is 0 Å². The summed E-state index contributed by atoms with van der Waals surface area (Å²) in [5.41, 5.74) is 0.661. The van der Waals surface area contributed by atoms with Crippen molar-refractivity contribution in [3.05, 3.63) is 0 Å². The Bertz CT molecular complexity index is 361. The van der Waals surface area contributed by atoms with Crippen LogP contribution in [0, 0.1) is 23.2 Å². The number of hydrogen-bond acceptors (Lipinski definition) is 2. The maximum absolute atomic E-state index is 3.90. The molecule has 2 nitrogen and oxygen atoms in total. The van der Waals surface area contributed by atoms with Gasteiger partial charge in [-0.25, -0.2) is 0 Å². The third-order valence-electron chi connectivity index (χ3n) is 7.96. The Kier molecular flexibility index (Phi) is 6.07. The molecule has 4 aliphatic rings. The van der Waals surface area contributed by atoms with Gasteiger partial charge in [-0.2, -0.15) is 0 Å². The Labute approximate surface area is 144 Å². The first-order chi connectivity index (χ1) is 11.1. The highest BCUT2D eigenvalue weighted by Crippen LogP contribution is 2.62. The highest BCUT2D eigenvalue weighted by molar-refractivity contribution is 5.08. The van der Waals surface area contributed by atoms with E-state index < -0.39 is 0 Å². The van der Waals surface area contributed by atoms with Gasteiger partial charge in [-0.15, -0.1) is 0 Å². The second kappa shape index (κ2) is 7.87. The molecule has 2 bridgehead atoms. The van der Waals surface area contributed by atoms with E-state index in [0.717, 1.165) is 42.9 Å². The van der Waals surface area contributed by atoms with Gasteiger partial charge in [0.2, 0.25) is 0 Å². The molecule has 4 saturated carbocycles. The lowest BCUT2D eigenvalue weighted by Gasteiger charge is -2.63. The fourth-order valence-corrected chi connectivity index (χ4v) is 5.98. The van der Waals surface area contributed by atoms with Gasteiger partial charge < -0.3 is 10.6 Å². The van der Waals surface area contributed by atoms with Crippen molar-refractivity contribution >= 4 is 0 Å². The molecule has 23 heavy (non-hydrogen) atoms. The molecule has 0 heterocycles. The third kappa shape index (κ3) is 3.79. The molecule has 0 aromatic rings. The molecule has 0 amide bonds. The van der Waals surface area contributed by atoms with E-state index in [0.29, 0.717) is 5.41 Å². The quantitative estimate of drug-likeness (QED) is 0.691. The largest absolute Gasteiger partial charge is 0.313 e. The predicted octanol–water partition coefficient (Wildman–Crippen LogP) is 4.74. The summed E-state index contributed by atoms with van der Waals surface area (Å²) in [4.78, 5) is 0. The number of hydrogen-bond donors (Lipinski definition) is 2. The summed E-state index contributed by atoms with van der Waals surface area (Å²) < 4.78 is 0. The van der Waals surface area contributed by atoms with Crippen LogP contribution < -0.4 is 10.6 Å². The van der Waals surface area contributed by atoms with E-state index in [1.54, 1.807) is 0 Å². The molecule has 1 unspecified atom stereocenters. The van der Waals surface area contributed by atoms with Crippen LogP contribution in [0.1, 0.15) is 85.0 Å². The summed E-state index contributed by atoms with van der Waals surface area (Å²) in [6.45, 7) is 9.78. The molecule has 4 fully saturated rings. The molecular weight excluding hydrogens is 280 g/mol. The summed E-state index contributed by atoms with van der Waals surface area (Å²) in [6, 6.07) is 1.56. The molecule has 134 valence electrons. The Balaban J connectivity index is 1.35. The monoisotopic (exact) mass is 320 g/mol. The Morgan fingerprint density at radius 3 is 2.22 bits per heavy atom. The van der Waals surface area contributed by atoms with Crippen molar-refractivity contribution in [2.45, 2.75) is 97.1 Å². The molecule has 2 N–H and O–H groups in total. The first-order valence-electron chi connectivity index (χ1n) is 10.6. The second-order valence-electron chi connectivity index (χ2n) is 9.05. The molecule has 0 aromatic carbocycles. The number of nitrogens with one attached hydrogen (secondary N) is 2. The van der Waals surface area contributed by atoms with E-state index in [9.17, 15) is 0 Å². The van der Waals surface area contributed by atoms with Crippen LogP contribution in [0.15, 0.2) is 0 Å². The fourth-order valence-electron chi connectivity index (χ4n) is 5.98. The van der Waals surface area contributed by atoms with E-state index in [1.165, 1.54) is 64.2 Å². The maximum Gasteiger partial charge on any atom is 0.00989 e. The molecule has 2 heteroatoms. The van der Waals surface area contributed by atoms with Crippen molar-refractivity contribution in [2.24, 2.45) is 23.2 Å². The molecule has 0 saturated heterocycles. The number of rotatable bonds is 6. The van der Waals surface area contributed by atoms with Crippen LogP contribution >= 0.6 is 0 Å². The highest BCUT2D eigenvalue weighted by atomic mass is 15.0. The van der Waals surface area contributed by atoms with Crippen LogP contribution in [0.2, 0.25) is 0 Å². The topological polar surface area (TPSA) is 24.1 Å². The van der Waals surface area contributed by atoms with Gasteiger partial charge >= 0.3 is 0 Å². The minimum atomic E-state index is 0.661. The summed E-state index contributed by atoms with van der Waals surface area (Å²) in [6.07, 6.45) is 14.3. The van der Waals surface area contributed by atoms with Crippen LogP contribution in [-0.4, -0.2) is 25.2 Å². The lowest BCUT2D eigenvalue weighted by Crippen LogP contribution is -2.61. The van der Waals surface area contributed by atoms with Crippen molar-refractivity contribution in [3.63, 3.8) is 0 Å². The second-order valence-corrected chi connectivity index (χ2v) is 9.05. The molecule has 4 rings (SSSR count). The predicted molar refractivity (Wildman–Crippen MR) is 99.7 cm³/mol. The van der Waals surface area contributed by atoms with E-state index in [4.69, 9.17) is 0 Å². The Hall–Kier alpha value is -0.0800. The van der Waals surface area contributed by atoms with Crippen molar-refractivity contribution in [2.75, 3.05) is 13.1 Å². The lowest BCUT2D eigenvalue weighted by atomic mass is 9.43. The van der Waals surface area contributed by atoms with E-state index >= 15 is 0 Å². The Morgan fingerprint density at radius 2 is 1.57 bits per heavy atom. The average Bonchev–Trinajstić information content (AvgIpc) is 2.52. The van der Waals surface area contributed by atoms with Crippen LogP contribution in [0.4, 0.5) is 0 Å². The van der Waals surface area contributed by atoms with E-state index in [2.05, 4.69) is 31.4 Å². The van der Waals surface area contributed by atoms with Gasteiger partial charge in [0.05, 0.1) is 0 Å². The van der Waals surface area contributed by atoms with Crippen molar-refractivity contribution in [3.8, 4) is 0 Å². The zero-order chi connectivity index (χ0) is 16.3. The zero-order valence-electron chi connectivity index (χ0n) is 15.9. The molecule has 5 atom stereocenters. The van der Waals surface area contributed by atoms with Gasteiger partial charge in [0.25, 0.3) is 0 Å². The highest BCUT2D eigenvalue weighted by Gasteiger charge is 2.57. The molecule has 0 spiro atoms. The molecule has 0 radical (unpaired) electrons. The summed E-state index contributed by atoms with van der Waals surface area (Å²) in [5.74, 6) is 2.83. The summed E-state index contributed by atoms with van der Waals surface area (Å²) >= 11 is 0. The van der Waals surface area contributed by atoms with Crippen LogP contribution in [-0.2, 0) is 0 Å². The van der Waals surface area contributed by atoms with Gasteiger partial charge in [-0.1, -0.05) is 59.3 Å². The first kappa shape index (κ1) is 17.7. The van der Waals surface area contributed by atoms with E-state index in [1.807, 2.05) is 0 Å². The summed E-state index contributed by atoms with van der Waals surface area (Å²) in [5, 5.41) is 7.73. The average molecular weight is 321 g/mol. The smallest absolute Gasteiger partial charge is 0.00989 e. The molecule has 4 aliphatic carbocycles. The zero-order valence-corrected chi connectivity index (χ0v) is 15.9. The molecule has 0 aliphatic heterocycles. The van der Waals surface area contributed by atoms with Gasteiger partial charge in [-0.3, -0.25) is 0 Å². The van der Waals surface area contributed by atoms with Gasteiger partial charge in [-0.05, 0) is 48.9 Å². The minimum absolute atomic E-state index is 0.661. The van der Waals surface area contributed by atoms with Gasteiger partial charge in [0, 0.05) is 25.2 Å². The SMILES string of the molecule is CCC1(C)[C@H]2C[C@@H]1[C@@H](C)[C@H](NCCNC1CCCCCCC1)C2. The van der Waals surface area contributed by atoms with Crippen molar-refractivity contribution < 1.29 is 0 Å². The number of fused-ring (bicyclic) bond motifs is 2. The van der Waals surface area contributed by atoms with Crippen LogP contribution in [0.5, 0.6) is 0 Å².